The Kier molecular flexibility index (Phi) is 4.57. The first-order valence-electron chi connectivity index (χ1n) is 8.65. The molecule has 130 valence electrons. The smallest absolute Gasteiger partial charge is 0.181 e. The van der Waals surface area contributed by atoms with Crippen LogP contribution < -0.4 is 5.32 Å². The van der Waals surface area contributed by atoms with Gasteiger partial charge >= 0.3 is 0 Å². The first kappa shape index (κ1) is 17.1. The zero-order chi connectivity index (χ0) is 18.0. The van der Waals surface area contributed by atoms with E-state index in [2.05, 4.69) is 85.8 Å². The highest BCUT2D eigenvalue weighted by Crippen LogP contribution is 2.29. The lowest BCUT2D eigenvalue weighted by molar-refractivity contribution is 0.540. The summed E-state index contributed by atoms with van der Waals surface area (Å²) in [6.45, 7) is 10.6. The number of aryl methyl sites for hydroxylation is 3. The third-order valence-electron chi connectivity index (χ3n) is 4.53. The van der Waals surface area contributed by atoms with E-state index in [0.29, 0.717) is 0 Å². The van der Waals surface area contributed by atoms with Crippen LogP contribution >= 0.6 is 0 Å². The minimum atomic E-state index is -0.428. The van der Waals surface area contributed by atoms with Crippen molar-refractivity contribution in [3.05, 3.63) is 65.0 Å². The van der Waals surface area contributed by atoms with Gasteiger partial charge in [0.1, 0.15) is 0 Å². The van der Waals surface area contributed by atoms with Crippen LogP contribution in [0.4, 0.5) is 5.69 Å². The van der Waals surface area contributed by atoms with Crippen LogP contribution in [0.2, 0.25) is 0 Å². The quantitative estimate of drug-likeness (QED) is 0.759. The molecule has 3 aromatic rings. The lowest BCUT2D eigenvalue weighted by atomic mass is 10.0. The fourth-order valence-corrected chi connectivity index (χ4v) is 3.14. The second-order valence-electron chi connectivity index (χ2n) is 6.92. The number of anilines is 1. The monoisotopic (exact) mass is 335 g/mol. The lowest BCUT2D eigenvalue weighted by Crippen LogP contribution is -2.32. The Morgan fingerprint density at radius 1 is 1.00 bits per heavy atom. The Bertz CT molecular complexity index is 879. The second-order valence-corrected chi connectivity index (χ2v) is 6.92. The standard InChI is InChI=1S/C20H25N5/c1-6-16-12-9-11-15(3)18(16)25-19(22-23-24-25)20(4,5)21-17-13-8-7-10-14(17)2/h7-13,21H,6H2,1-5H3. The summed E-state index contributed by atoms with van der Waals surface area (Å²) in [6.07, 6.45) is 0.933. The van der Waals surface area contributed by atoms with Crippen molar-refractivity contribution in [2.75, 3.05) is 5.32 Å². The van der Waals surface area contributed by atoms with E-state index >= 15 is 0 Å². The number of hydrogen-bond donors (Lipinski definition) is 1. The second kappa shape index (κ2) is 6.67. The predicted molar refractivity (Wildman–Crippen MR) is 101 cm³/mol. The normalized spacial score (nSPS) is 11.6. The summed E-state index contributed by atoms with van der Waals surface area (Å²) >= 11 is 0. The zero-order valence-electron chi connectivity index (χ0n) is 15.5. The molecule has 25 heavy (non-hydrogen) atoms. The molecule has 0 radical (unpaired) electrons. The Labute approximate surface area is 149 Å². The lowest BCUT2D eigenvalue weighted by Gasteiger charge is -2.28. The zero-order valence-corrected chi connectivity index (χ0v) is 15.5. The molecule has 2 aromatic carbocycles. The molecular formula is C20H25N5. The summed E-state index contributed by atoms with van der Waals surface area (Å²) in [4.78, 5) is 0. The number of para-hydroxylation sites is 2. The average Bonchev–Trinajstić information content (AvgIpc) is 3.06. The predicted octanol–water partition coefficient (Wildman–Crippen LogP) is 4.19. The molecule has 0 aliphatic carbocycles. The Morgan fingerprint density at radius 2 is 1.72 bits per heavy atom. The van der Waals surface area contributed by atoms with Crippen LogP contribution in [-0.2, 0) is 12.0 Å². The number of nitrogens with one attached hydrogen (secondary N) is 1. The van der Waals surface area contributed by atoms with Crippen molar-refractivity contribution < 1.29 is 0 Å². The summed E-state index contributed by atoms with van der Waals surface area (Å²) in [7, 11) is 0. The third-order valence-corrected chi connectivity index (χ3v) is 4.53. The van der Waals surface area contributed by atoms with Gasteiger partial charge in [0.2, 0.25) is 0 Å². The van der Waals surface area contributed by atoms with Gasteiger partial charge in [-0.05, 0) is 67.3 Å². The molecule has 0 spiro atoms. The van der Waals surface area contributed by atoms with Crippen LogP contribution in [0.1, 0.15) is 43.3 Å². The molecule has 0 fully saturated rings. The van der Waals surface area contributed by atoms with Gasteiger partial charge in [0.15, 0.2) is 5.82 Å². The van der Waals surface area contributed by atoms with E-state index in [9.17, 15) is 0 Å². The molecular weight excluding hydrogens is 310 g/mol. The van der Waals surface area contributed by atoms with Gasteiger partial charge in [-0.1, -0.05) is 43.3 Å². The van der Waals surface area contributed by atoms with Crippen molar-refractivity contribution in [1.29, 1.82) is 0 Å². The summed E-state index contributed by atoms with van der Waals surface area (Å²) in [6, 6.07) is 14.6. The summed E-state index contributed by atoms with van der Waals surface area (Å²) in [5, 5.41) is 16.2. The van der Waals surface area contributed by atoms with E-state index in [1.165, 1.54) is 16.7 Å². The topological polar surface area (TPSA) is 55.6 Å². The highest BCUT2D eigenvalue weighted by molar-refractivity contribution is 5.53. The number of rotatable bonds is 5. The van der Waals surface area contributed by atoms with Crippen LogP contribution in [0.3, 0.4) is 0 Å². The molecule has 5 heteroatoms. The molecule has 1 aromatic heterocycles. The van der Waals surface area contributed by atoms with Gasteiger partial charge < -0.3 is 5.32 Å². The molecule has 0 bridgehead atoms. The van der Waals surface area contributed by atoms with Crippen molar-refractivity contribution in [1.82, 2.24) is 20.2 Å². The third kappa shape index (κ3) is 3.27. The fourth-order valence-electron chi connectivity index (χ4n) is 3.14. The highest BCUT2D eigenvalue weighted by Gasteiger charge is 2.29. The molecule has 0 saturated carbocycles. The summed E-state index contributed by atoms with van der Waals surface area (Å²) in [5.41, 5.74) is 5.33. The van der Waals surface area contributed by atoms with E-state index in [-0.39, 0.29) is 0 Å². The van der Waals surface area contributed by atoms with E-state index in [1.807, 2.05) is 16.8 Å². The summed E-state index contributed by atoms with van der Waals surface area (Å²) < 4.78 is 1.87. The molecule has 0 unspecified atom stereocenters. The summed E-state index contributed by atoms with van der Waals surface area (Å²) in [5.74, 6) is 0.791. The van der Waals surface area contributed by atoms with Gasteiger partial charge in [-0.25, -0.2) is 0 Å². The molecule has 3 rings (SSSR count). The minimum absolute atomic E-state index is 0.428. The van der Waals surface area contributed by atoms with E-state index in [1.54, 1.807) is 0 Å². The van der Waals surface area contributed by atoms with E-state index in [4.69, 9.17) is 0 Å². The molecule has 0 saturated heterocycles. The molecule has 1 heterocycles. The van der Waals surface area contributed by atoms with Crippen LogP contribution in [-0.4, -0.2) is 20.2 Å². The maximum Gasteiger partial charge on any atom is 0.181 e. The van der Waals surface area contributed by atoms with Crippen molar-refractivity contribution in [2.45, 2.75) is 46.6 Å². The van der Waals surface area contributed by atoms with Crippen molar-refractivity contribution in [2.24, 2.45) is 0 Å². The van der Waals surface area contributed by atoms with Gasteiger partial charge in [-0.15, -0.1) is 5.10 Å². The number of aromatic nitrogens is 4. The molecule has 0 aliphatic rings. The number of benzene rings is 2. The number of tetrazole rings is 1. The number of hydrogen-bond acceptors (Lipinski definition) is 4. The molecule has 0 amide bonds. The van der Waals surface area contributed by atoms with Gasteiger partial charge in [-0.3, -0.25) is 0 Å². The minimum Gasteiger partial charge on any atom is -0.373 e. The van der Waals surface area contributed by atoms with Gasteiger partial charge in [0, 0.05) is 5.69 Å². The Balaban J connectivity index is 2.06. The SMILES string of the molecule is CCc1cccc(C)c1-n1nnnc1C(C)(C)Nc1ccccc1C. The fraction of sp³-hybridized carbons (Fsp3) is 0.350. The largest absolute Gasteiger partial charge is 0.373 e. The van der Waals surface area contributed by atoms with Crippen molar-refractivity contribution in [3.8, 4) is 5.69 Å². The number of nitrogens with zero attached hydrogens (tertiary/aromatic N) is 4. The van der Waals surface area contributed by atoms with E-state index < -0.39 is 5.54 Å². The molecule has 0 atom stereocenters. The maximum atomic E-state index is 4.35. The van der Waals surface area contributed by atoms with Gasteiger partial charge in [-0.2, -0.15) is 4.68 Å². The molecule has 5 nitrogen and oxygen atoms in total. The van der Waals surface area contributed by atoms with Gasteiger partial charge in [0.25, 0.3) is 0 Å². The van der Waals surface area contributed by atoms with Crippen molar-refractivity contribution in [3.63, 3.8) is 0 Å². The Morgan fingerprint density at radius 3 is 2.44 bits per heavy atom. The first-order chi connectivity index (χ1) is 11.9. The van der Waals surface area contributed by atoms with Crippen molar-refractivity contribution >= 4 is 5.69 Å². The molecule has 0 aliphatic heterocycles. The van der Waals surface area contributed by atoms with E-state index in [0.717, 1.165) is 23.6 Å². The maximum absolute atomic E-state index is 4.35. The first-order valence-corrected chi connectivity index (χ1v) is 8.65. The van der Waals surface area contributed by atoms with Crippen LogP contribution in [0, 0.1) is 13.8 Å². The average molecular weight is 335 g/mol. The van der Waals surface area contributed by atoms with Crippen LogP contribution in [0.5, 0.6) is 0 Å². The molecule has 1 N–H and O–H groups in total. The van der Waals surface area contributed by atoms with Gasteiger partial charge in [0.05, 0.1) is 11.2 Å². The van der Waals surface area contributed by atoms with Crippen LogP contribution in [0.25, 0.3) is 5.69 Å². The van der Waals surface area contributed by atoms with Crippen LogP contribution in [0.15, 0.2) is 42.5 Å². The highest BCUT2D eigenvalue weighted by atomic mass is 15.6. The Hall–Kier alpha value is -2.69.